The third-order valence-corrected chi connectivity index (χ3v) is 2.86. The molecule has 1 aromatic heterocycles. The first kappa shape index (κ1) is 9.71. The van der Waals surface area contributed by atoms with Gasteiger partial charge in [0.2, 0.25) is 0 Å². The van der Waals surface area contributed by atoms with Crippen LogP contribution < -0.4 is 5.32 Å². The molecule has 0 bridgehead atoms. The molecule has 0 atom stereocenters. The summed E-state index contributed by atoms with van der Waals surface area (Å²) < 4.78 is 0. The molecular formula is C11H19N3. The molecule has 0 amide bonds. The molecule has 0 aliphatic heterocycles. The smallest absolute Gasteiger partial charge is 0.0794 e. The molecule has 1 aliphatic rings. The summed E-state index contributed by atoms with van der Waals surface area (Å²) in [6.07, 6.45) is 6.24. The molecule has 0 saturated carbocycles. The average molecular weight is 193 g/mol. The fourth-order valence-corrected chi connectivity index (χ4v) is 2.08. The van der Waals surface area contributed by atoms with Crippen LogP contribution in [0.3, 0.4) is 0 Å². The number of aromatic amines is 1. The van der Waals surface area contributed by atoms with Gasteiger partial charge in [0.1, 0.15) is 0 Å². The SMILES string of the molecule is CCCNCc1n[nH]c2c1CCCC2. The Morgan fingerprint density at radius 1 is 1.36 bits per heavy atom. The molecule has 2 N–H and O–H groups in total. The van der Waals surface area contributed by atoms with Gasteiger partial charge in [0.25, 0.3) is 0 Å². The van der Waals surface area contributed by atoms with Crippen molar-refractivity contribution in [2.24, 2.45) is 0 Å². The van der Waals surface area contributed by atoms with Crippen LogP contribution in [0, 0.1) is 0 Å². The summed E-state index contributed by atoms with van der Waals surface area (Å²) in [6, 6.07) is 0. The van der Waals surface area contributed by atoms with Crippen molar-refractivity contribution in [3.8, 4) is 0 Å². The Labute approximate surface area is 85.3 Å². The van der Waals surface area contributed by atoms with Crippen molar-refractivity contribution in [3.63, 3.8) is 0 Å². The van der Waals surface area contributed by atoms with E-state index in [0.29, 0.717) is 0 Å². The fourth-order valence-electron chi connectivity index (χ4n) is 2.08. The van der Waals surface area contributed by atoms with Gasteiger partial charge in [0.05, 0.1) is 5.69 Å². The molecule has 0 aromatic carbocycles. The summed E-state index contributed by atoms with van der Waals surface area (Å²) >= 11 is 0. The number of nitrogens with one attached hydrogen (secondary N) is 2. The summed E-state index contributed by atoms with van der Waals surface area (Å²) in [6.45, 7) is 4.20. The van der Waals surface area contributed by atoms with E-state index in [1.807, 2.05) is 0 Å². The van der Waals surface area contributed by atoms with E-state index < -0.39 is 0 Å². The molecule has 78 valence electrons. The summed E-state index contributed by atoms with van der Waals surface area (Å²) in [5.74, 6) is 0. The Bertz CT molecular complexity index is 291. The zero-order valence-electron chi connectivity index (χ0n) is 8.90. The largest absolute Gasteiger partial charge is 0.311 e. The molecule has 3 nitrogen and oxygen atoms in total. The summed E-state index contributed by atoms with van der Waals surface area (Å²) in [7, 11) is 0. The van der Waals surface area contributed by atoms with E-state index >= 15 is 0 Å². The predicted molar refractivity (Wildman–Crippen MR) is 57.2 cm³/mol. The molecule has 3 heteroatoms. The number of aromatic nitrogens is 2. The lowest BCUT2D eigenvalue weighted by atomic mass is 9.96. The quantitative estimate of drug-likeness (QED) is 0.716. The molecule has 1 aliphatic carbocycles. The van der Waals surface area contributed by atoms with Crippen LogP contribution in [0.25, 0.3) is 0 Å². The van der Waals surface area contributed by atoms with Crippen LogP contribution in [-0.2, 0) is 19.4 Å². The maximum atomic E-state index is 4.38. The van der Waals surface area contributed by atoms with Gasteiger partial charge in [0, 0.05) is 12.2 Å². The molecule has 0 fully saturated rings. The van der Waals surface area contributed by atoms with Gasteiger partial charge in [-0.2, -0.15) is 5.10 Å². The number of H-pyrrole nitrogens is 1. The number of hydrogen-bond acceptors (Lipinski definition) is 2. The standard InChI is InChI=1S/C11H19N3/c1-2-7-12-8-11-9-5-3-4-6-10(9)13-14-11/h12H,2-8H2,1H3,(H,13,14). The van der Waals surface area contributed by atoms with Crippen LogP contribution in [0.1, 0.15) is 43.1 Å². The second kappa shape index (κ2) is 4.60. The van der Waals surface area contributed by atoms with E-state index in [2.05, 4.69) is 22.4 Å². The van der Waals surface area contributed by atoms with Gasteiger partial charge in [-0.15, -0.1) is 0 Å². The molecule has 0 radical (unpaired) electrons. The van der Waals surface area contributed by atoms with Crippen molar-refractivity contribution >= 4 is 0 Å². The Hall–Kier alpha value is -0.830. The lowest BCUT2D eigenvalue weighted by Gasteiger charge is -2.11. The van der Waals surface area contributed by atoms with Gasteiger partial charge in [0.15, 0.2) is 0 Å². The van der Waals surface area contributed by atoms with Crippen LogP contribution >= 0.6 is 0 Å². The number of nitrogens with zero attached hydrogens (tertiary/aromatic N) is 1. The van der Waals surface area contributed by atoms with Crippen LogP contribution in [0.4, 0.5) is 0 Å². The number of fused-ring (bicyclic) bond motifs is 1. The Morgan fingerprint density at radius 2 is 2.21 bits per heavy atom. The van der Waals surface area contributed by atoms with E-state index in [1.54, 1.807) is 0 Å². The highest BCUT2D eigenvalue weighted by molar-refractivity contribution is 5.27. The van der Waals surface area contributed by atoms with E-state index in [1.165, 1.54) is 49.1 Å². The second-order valence-corrected chi connectivity index (χ2v) is 4.01. The summed E-state index contributed by atoms with van der Waals surface area (Å²) in [5.41, 5.74) is 4.11. The minimum Gasteiger partial charge on any atom is -0.311 e. The van der Waals surface area contributed by atoms with Gasteiger partial charge in [-0.3, -0.25) is 5.10 Å². The van der Waals surface area contributed by atoms with E-state index in [4.69, 9.17) is 0 Å². The van der Waals surface area contributed by atoms with Crippen molar-refractivity contribution in [1.82, 2.24) is 15.5 Å². The maximum Gasteiger partial charge on any atom is 0.0794 e. The minimum absolute atomic E-state index is 0.930. The normalized spacial score (nSPS) is 15.5. The van der Waals surface area contributed by atoms with Gasteiger partial charge in [-0.25, -0.2) is 0 Å². The van der Waals surface area contributed by atoms with E-state index in [9.17, 15) is 0 Å². The fraction of sp³-hybridized carbons (Fsp3) is 0.727. The van der Waals surface area contributed by atoms with Crippen LogP contribution in [0.15, 0.2) is 0 Å². The third kappa shape index (κ3) is 1.98. The monoisotopic (exact) mass is 193 g/mol. The third-order valence-electron chi connectivity index (χ3n) is 2.86. The summed E-state index contributed by atoms with van der Waals surface area (Å²) in [5, 5.41) is 11.0. The molecule has 0 saturated heterocycles. The lowest BCUT2D eigenvalue weighted by molar-refractivity contribution is 0.646. The second-order valence-electron chi connectivity index (χ2n) is 4.01. The number of aryl methyl sites for hydroxylation is 1. The first-order valence-corrected chi connectivity index (χ1v) is 5.67. The van der Waals surface area contributed by atoms with Crippen molar-refractivity contribution in [2.75, 3.05) is 6.54 Å². The molecular weight excluding hydrogens is 174 g/mol. The molecule has 1 aromatic rings. The predicted octanol–water partition coefficient (Wildman–Crippen LogP) is 1.79. The lowest BCUT2D eigenvalue weighted by Crippen LogP contribution is -2.15. The van der Waals surface area contributed by atoms with Crippen LogP contribution in [0.2, 0.25) is 0 Å². The zero-order chi connectivity index (χ0) is 9.80. The van der Waals surface area contributed by atoms with Gasteiger partial charge >= 0.3 is 0 Å². The number of rotatable bonds is 4. The first-order chi connectivity index (χ1) is 6.92. The zero-order valence-corrected chi connectivity index (χ0v) is 8.90. The van der Waals surface area contributed by atoms with Gasteiger partial charge < -0.3 is 5.32 Å². The molecule has 0 spiro atoms. The number of hydrogen-bond donors (Lipinski definition) is 2. The topological polar surface area (TPSA) is 40.7 Å². The Morgan fingerprint density at radius 3 is 3.07 bits per heavy atom. The minimum atomic E-state index is 0.930. The van der Waals surface area contributed by atoms with E-state index in [-0.39, 0.29) is 0 Å². The van der Waals surface area contributed by atoms with Crippen molar-refractivity contribution in [3.05, 3.63) is 17.0 Å². The molecule has 0 unspecified atom stereocenters. The van der Waals surface area contributed by atoms with Crippen molar-refractivity contribution < 1.29 is 0 Å². The van der Waals surface area contributed by atoms with Gasteiger partial charge in [-0.1, -0.05) is 6.92 Å². The van der Waals surface area contributed by atoms with Crippen molar-refractivity contribution in [2.45, 2.75) is 45.6 Å². The van der Waals surface area contributed by atoms with E-state index in [0.717, 1.165) is 13.1 Å². The molecule has 1 heterocycles. The highest BCUT2D eigenvalue weighted by Gasteiger charge is 2.15. The molecule has 2 rings (SSSR count). The van der Waals surface area contributed by atoms with Gasteiger partial charge in [-0.05, 0) is 44.2 Å². The Balaban J connectivity index is 1.99. The van der Waals surface area contributed by atoms with Crippen LogP contribution in [0.5, 0.6) is 0 Å². The molecule has 14 heavy (non-hydrogen) atoms. The maximum absolute atomic E-state index is 4.38. The highest BCUT2D eigenvalue weighted by Crippen LogP contribution is 2.21. The van der Waals surface area contributed by atoms with Crippen molar-refractivity contribution in [1.29, 1.82) is 0 Å². The highest BCUT2D eigenvalue weighted by atomic mass is 15.1. The average Bonchev–Trinajstić information content (AvgIpc) is 2.63. The summed E-state index contributed by atoms with van der Waals surface area (Å²) in [4.78, 5) is 0. The Kier molecular flexibility index (Phi) is 3.19. The van der Waals surface area contributed by atoms with Crippen LogP contribution in [-0.4, -0.2) is 16.7 Å². The first-order valence-electron chi connectivity index (χ1n) is 5.67.